The van der Waals surface area contributed by atoms with Gasteiger partial charge in [0, 0.05) is 117 Å². The number of carbonyl (C=O) groups excluding carboxylic acids is 3. The Hall–Kier alpha value is -2.88. The van der Waals surface area contributed by atoms with Crippen molar-refractivity contribution in [1.82, 2.24) is 58.6 Å². The number of nitrogens with zero attached hydrogens (tertiary/aromatic N) is 11. The number of nitrogens with one attached hydrogen (secondary N) is 3. The zero-order chi connectivity index (χ0) is 92.6. The third-order valence-electron chi connectivity index (χ3n) is 19.2. The van der Waals surface area contributed by atoms with Crippen LogP contribution in [0.5, 0.6) is 0 Å². The molecule has 54 heteroatoms. The summed E-state index contributed by atoms with van der Waals surface area (Å²) in [7, 11) is -6.31. The fraction of sp³-hybridized carbons (Fsp3) is 0.614. The van der Waals surface area contributed by atoms with E-state index in [1.165, 1.54) is 56.9 Å². The monoisotopic (exact) mass is 2260 g/mol. The molecule has 12 heterocycles. The molecule has 11 N–H and O–H groups in total. The largest absolute Gasteiger partial charge is 0.457 e. The molecule has 14 rings (SSSR count). The van der Waals surface area contributed by atoms with E-state index >= 15 is 0 Å². The van der Waals surface area contributed by atoms with Crippen molar-refractivity contribution in [3.05, 3.63) is 80.5 Å². The molecule has 2 radical (unpaired) electrons. The average Bonchev–Trinajstić information content (AvgIpc) is 1.65. The van der Waals surface area contributed by atoms with E-state index in [4.69, 9.17) is 163 Å². The molecular weight excluding hydrogens is 2160 g/mol. The number of aliphatic hydroxyl groups excluding tert-OH is 5. The normalized spacial score (nSPS) is 25.6. The molecule has 4 aliphatic heterocycles. The van der Waals surface area contributed by atoms with Crippen LogP contribution in [0.25, 0.3) is 44.1 Å². The number of hydrogen-bond acceptors (Lipinski definition) is 30. The molecule has 17 atom stereocenters. The minimum Gasteiger partial charge on any atom is -0.457 e. The molecule has 688 valence electrons. The number of anilines is 2. The summed E-state index contributed by atoms with van der Waals surface area (Å²) in [6.45, 7) is 20.2. The van der Waals surface area contributed by atoms with Crippen LogP contribution in [0.4, 0.5) is 11.6 Å². The van der Waals surface area contributed by atoms with Gasteiger partial charge < -0.3 is 103 Å². The third kappa shape index (κ3) is 31.9. The van der Waals surface area contributed by atoms with Crippen LogP contribution in [-0.4, -0.2) is 239 Å². The van der Waals surface area contributed by atoms with Crippen molar-refractivity contribution in [2.45, 2.75) is 237 Å². The van der Waals surface area contributed by atoms with Crippen molar-refractivity contribution < 1.29 is 142 Å². The summed E-state index contributed by atoms with van der Waals surface area (Å²) in [5.74, 6) is -8.62. The van der Waals surface area contributed by atoms with Crippen molar-refractivity contribution >= 4 is 232 Å². The number of carbonyl (C=O) groups is 3. The summed E-state index contributed by atoms with van der Waals surface area (Å²) >= 11 is 55.8. The van der Waals surface area contributed by atoms with Crippen LogP contribution in [0.2, 0.25) is 57.1 Å². The number of ether oxygens (including phenoxy) is 7. The van der Waals surface area contributed by atoms with Crippen molar-refractivity contribution in [2.75, 3.05) is 35.7 Å². The van der Waals surface area contributed by atoms with Gasteiger partial charge in [-0.3, -0.25) is 37.2 Å². The van der Waals surface area contributed by atoms with E-state index in [-0.39, 0.29) is 89.2 Å². The van der Waals surface area contributed by atoms with Crippen molar-refractivity contribution in [1.29, 1.82) is 1.34 Å². The van der Waals surface area contributed by atoms with Crippen molar-refractivity contribution in [3.8, 4) is 0 Å². The molecule has 0 bridgehead atoms. The summed E-state index contributed by atoms with van der Waals surface area (Å²) in [6.07, 6.45) is 4.95. The summed E-state index contributed by atoms with van der Waals surface area (Å²) in [5.41, 5.74) is 4.95. The Kier molecular flexibility index (Phi) is 42.0. The second-order valence-electron chi connectivity index (χ2n) is 30.9. The van der Waals surface area contributed by atoms with Gasteiger partial charge in [0.25, 0.3) is 11.7 Å². The van der Waals surface area contributed by atoms with Gasteiger partial charge in [0.1, 0.15) is 85.2 Å². The van der Waals surface area contributed by atoms with E-state index in [0.717, 1.165) is 56.9 Å². The van der Waals surface area contributed by atoms with Gasteiger partial charge in [0.05, 0.1) is 72.8 Å². The van der Waals surface area contributed by atoms with Gasteiger partial charge in [0.15, 0.2) is 58.7 Å². The number of rotatable bonds is 20. The van der Waals surface area contributed by atoms with Crippen LogP contribution in [0.3, 0.4) is 0 Å². The van der Waals surface area contributed by atoms with Gasteiger partial charge >= 0.3 is 33.1 Å². The van der Waals surface area contributed by atoms with Crippen LogP contribution in [0.1, 0.15) is 131 Å². The number of H-pyrrole nitrogens is 1. The van der Waals surface area contributed by atoms with E-state index in [1.54, 1.807) is 40.0 Å². The maximum absolute atomic E-state index is 11.9. The number of halogens is 10. The molecule has 0 aromatic carbocycles. The maximum Gasteiger partial charge on any atom is 0.340 e. The van der Waals surface area contributed by atoms with E-state index < -0.39 is 139 Å². The number of pyridine rings is 4. The van der Waals surface area contributed by atoms with Gasteiger partial charge in [-0.1, -0.05) is 149 Å². The molecule has 0 spiro atoms. The number of hydrogen-bond donors (Lipinski definition) is 11. The molecule has 124 heavy (non-hydrogen) atoms. The van der Waals surface area contributed by atoms with Gasteiger partial charge in [-0.05, 0) is 84.8 Å². The summed E-state index contributed by atoms with van der Waals surface area (Å²) in [5, 5.41) is 58.9. The first-order valence-electron chi connectivity index (χ1n) is 38.8. The molecule has 2 unspecified atom stereocenters. The number of aromatic nitrogens is 12. The smallest absolute Gasteiger partial charge is 0.340 e. The minimum absolute atomic E-state index is 0. The van der Waals surface area contributed by atoms with Crippen LogP contribution >= 0.6 is 141 Å². The number of fused-ring (bicyclic) bond motifs is 4. The van der Waals surface area contributed by atoms with E-state index in [2.05, 4.69) is 90.1 Å². The van der Waals surface area contributed by atoms with E-state index in [9.17, 15) is 63.1 Å². The fourth-order valence-corrected chi connectivity index (χ4v) is 26.7. The van der Waals surface area contributed by atoms with Crippen molar-refractivity contribution in [2.24, 2.45) is 11.8 Å². The molecule has 2 saturated carbocycles. The number of aliphatic hydroxyl groups is 5. The van der Waals surface area contributed by atoms with Gasteiger partial charge in [-0.15, -0.1) is 0 Å². The van der Waals surface area contributed by atoms with Crippen LogP contribution in [-0.2, 0) is 70.3 Å². The third-order valence-corrected chi connectivity index (χ3v) is 30.4. The van der Waals surface area contributed by atoms with Crippen LogP contribution in [0.15, 0.2) is 49.6 Å². The molecule has 0 amide bonds. The topological polar surface area (TPSA) is 513 Å². The Balaban J connectivity index is 0.000000238. The minimum atomic E-state index is -4.80. The summed E-state index contributed by atoms with van der Waals surface area (Å²) in [4.78, 5) is 97.1. The Morgan fingerprint density at radius 2 is 0.927 bits per heavy atom. The molecule has 4 saturated heterocycles. The first-order chi connectivity index (χ1) is 57.9. The standard InChI is InChI=1S/C17H25ClN4O9P2.C16H21ClN4O4.C15H17Cl2N3O3.C11H18O5.C6H3Cl2N3.C4H12Si.CH2Cl4O2P2.BH.U/c18-12-5-10-13(16(21-12)20-9-3-1-2-4-9)19-7-22(10)17-15(24)14(23)11(31-17)6-30-33(28,29)8-32(25,26)27;17-11-5-9-12(15(20-11)19-8-3-1-2-4-8)18-7-21(9)16-14(24)13(23)10(6-22)25-16;1-4-10-7(2)13(22-8(3)21)15(23-10)20-6-18-12-9(20)5-11(16)19-14(12)17;1-5-9-6(2)10(14-7(3)12)11(16-9)15-8(4)13;7-4-1-3-5(6(8)11-4)10-2-9-3;1-5(2,3)4;2-8(3,6)1-9(4,5)7;;/h5,7,9,11,14-15,17,23-24H,1-4,6,8H2,(H,20,21)(H,28,29)(H2,25,26,27);5,7-8,10,13-14,16,22-24H,1-4,6H2,(H,19,20);5-7,10,13,15H,4H2,1-3H3;6,9-11H,5H2,1-4H3;1-2H,(H,9,10);1-4H3;1H2;1H;/t11-,14-,15-,17-;10-,13-,14-,16-;7-,10-,13-,15-;6-,9-,10-,11?;;;;;/m1111...../s1/i;;;;;;;1D;. The second-order valence-corrected chi connectivity index (χ2v) is 54.1. The fourth-order valence-electron chi connectivity index (χ4n) is 13.9. The zero-order valence-electron chi connectivity index (χ0n) is 69.7. The average molecular weight is 2260 g/mol. The van der Waals surface area contributed by atoms with Crippen LogP contribution < -0.4 is 10.6 Å². The Bertz CT molecular complexity index is 5080. The van der Waals surface area contributed by atoms with Crippen molar-refractivity contribution in [3.63, 3.8) is 0 Å². The molecule has 2 aliphatic carbocycles. The molecule has 8 aromatic rings. The summed E-state index contributed by atoms with van der Waals surface area (Å²) < 4.78 is 97.1. The molecule has 8 aromatic heterocycles. The predicted octanol–water partition coefficient (Wildman–Crippen LogP) is 15.2. The maximum atomic E-state index is 11.9. The summed E-state index contributed by atoms with van der Waals surface area (Å²) in [6, 6.07) is 7.15. The number of esters is 3. The Labute approximate surface area is 791 Å². The quantitative estimate of drug-likeness (QED) is 0.0111. The molecule has 6 aliphatic rings. The first-order valence-corrected chi connectivity index (χ1v) is 55.5. The second kappa shape index (κ2) is 48.2. The van der Waals surface area contributed by atoms with Gasteiger partial charge in [-0.2, -0.15) is 0 Å². The molecule has 37 nitrogen and oxygen atoms in total. The zero-order valence-corrected chi connectivity index (χ0v) is 85.0. The predicted molar refractivity (Wildman–Crippen MR) is 474 cm³/mol. The molecule has 6 fully saturated rings. The number of imidazole rings is 4. The van der Waals surface area contributed by atoms with Gasteiger partial charge in [0.2, 0.25) is 6.29 Å². The Morgan fingerprint density at radius 3 is 1.35 bits per heavy atom. The SMILES string of the molecule is CC[C@H]1OC(OC(C)=O)[C@H](OC(C)=O)[C@@H]1C.CC[C@H]1O[C@@H](n2cnc3c(Cl)nc(Cl)cc32)[C@H](OC(C)=O)[C@@H]1C.C[Si](C)(C)C.Clc1cc2[nH]cnc2c(Cl)n1.O=P(Cl)(Cl)CP(=O)(Cl)Cl.O=P(O)(O)CP(=O)(O)OC[C@H]1O[C@@H](n2cnc3c(NC4CCCC4)nc(Cl)cc32)[C@H](O)[C@@H]1O.OC[C@H]1O[C@@H](n2cnc3c(NC4CCCC4)nc(Cl)cc32)[C@H](O)[C@@H]1O.[2H][B].[U]. The first kappa shape index (κ1) is 108. The number of aromatic amines is 1. The molecular formula is C70H99BCl10N14O23P4SiU. The Morgan fingerprint density at radius 1 is 0.548 bits per heavy atom. The van der Waals surface area contributed by atoms with Crippen LogP contribution in [0, 0.1) is 42.9 Å². The van der Waals surface area contributed by atoms with E-state index in [0.29, 0.717) is 71.8 Å². The van der Waals surface area contributed by atoms with E-state index in [1.807, 2.05) is 27.7 Å². The van der Waals surface area contributed by atoms with Gasteiger partial charge in [-0.25, -0.2) is 39.9 Å².